The summed E-state index contributed by atoms with van der Waals surface area (Å²) in [4.78, 5) is 3.33. The summed E-state index contributed by atoms with van der Waals surface area (Å²) < 4.78 is 2.49. The van der Waals surface area contributed by atoms with E-state index in [0.29, 0.717) is 12.0 Å². The van der Waals surface area contributed by atoms with Crippen molar-refractivity contribution in [1.82, 2.24) is 4.98 Å². The highest BCUT2D eigenvalue weighted by Crippen LogP contribution is 2.29. The minimum Gasteiger partial charge on any atom is -0.250 e. The van der Waals surface area contributed by atoms with Crippen LogP contribution in [0.25, 0.3) is 0 Å². The summed E-state index contributed by atoms with van der Waals surface area (Å²) in [7, 11) is 0. The first-order chi connectivity index (χ1) is 18.3. The van der Waals surface area contributed by atoms with Gasteiger partial charge in [0.25, 0.3) is 0 Å². The van der Waals surface area contributed by atoms with Gasteiger partial charge in [-0.25, -0.2) is 4.57 Å². The van der Waals surface area contributed by atoms with Gasteiger partial charge in [-0.3, -0.25) is 4.98 Å². The van der Waals surface area contributed by atoms with E-state index in [-0.39, 0.29) is 0 Å². The first kappa shape index (κ1) is 31.6. The van der Waals surface area contributed by atoms with Gasteiger partial charge in [-0.1, -0.05) is 160 Å². The van der Waals surface area contributed by atoms with E-state index in [9.17, 15) is 0 Å². The Morgan fingerprint density at radius 3 is 1.57 bits per heavy atom. The summed E-state index contributed by atoms with van der Waals surface area (Å²) in [5.41, 5.74) is 1.51. The molecule has 0 aliphatic rings. The molecular formula is C35H61N2+. The number of benzene rings is 1. The van der Waals surface area contributed by atoms with E-state index in [1.54, 1.807) is 0 Å². The summed E-state index contributed by atoms with van der Waals surface area (Å²) in [6, 6.07) is 11.9. The van der Waals surface area contributed by atoms with Gasteiger partial charge < -0.3 is 0 Å². The molecule has 0 saturated carbocycles. The molecule has 2 rings (SSSR count). The Morgan fingerprint density at radius 1 is 0.595 bits per heavy atom. The standard InChI is InChI=1S/C35H60N2/c1-3-5-7-9-11-12-13-14-15-16-17-18-23-27-34(31-33-25-21-20-22-26-33)35(37-30-29-36-32-37)28-24-19-10-8-6-4-2/h20-22,25-26,29-30,32,34-35H,3-19,23-24,27-28,31H2,1-2H3/p+1. The fourth-order valence-corrected chi connectivity index (χ4v) is 6.04. The van der Waals surface area contributed by atoms with Crippen molar-refractivity contribution in [1.29, 1.82) is 0 Å². The maximum absolute atomic E-state index is 3.33. The van der Waals surface area contributed by atoms with E-state index in [1.807, 2.05) is 0 Å². The fourth-order valence-electron chi connectivity index (χ4n) is 6.04. The molecule has 1 N–H and O–H groups in total. The minimum atomic E-state index is 0.606. The number of hydrogen-bond donors (Lipinski definition) is 1. The van der Waals surface area contributed by atoms with Crippen molar-refractivity contribution in [2.75, 3.05) is 0 Å². The van der Waals surface area contributed by atoms with Crippen molar-refractivity contribution in [2.45, 2.75) is 161 Å². The number of aromatic amines is 1. The molecule has 1 aromatic carbocycles. The van der Waals surface area contributed by atoms with Crippen LogP contribution in [0.1, 0.15) is 160 Å². The van der Waals surface area contributed by atoms with Gasteiger partial charge in [0, 0.05) is 5.92 Å². The SMILES string of the molecule is CCCCCCCCCCCCCCCC(Cc1ccccc1)C(CCCCCCCC)[n+]1cc[nH]c1. The largest absolute Gasteiger partial charge is 0.250 e. The highest BCUT2D eigenvalue weighted by Gasteiger charge is 2.26. The van der Waals surface area contributed by atoms with Crippen molar-refractivity contribution < 1.29 is 4.57 Å². The zero-order valence-corrected chi connectivity index (χ0v) is 24.8. The third kappa shape index (κ3) is 15.4. The molecule has 0 saturated heterocycles. The lowest BCUT2D eigenvalue weighted by Gasteiger charge is -2.25. The van der Waals surface area contributed by atoms with Crippen molar-refractivity contribution >= 4 is 0 Å². The summed E-state index contributed by atoms with van der Waals surface area (Å²) in [6.45, 7) is 4.61. The number of hydrogen-bond acceptors (Lipinski definition) is 0. The van der Waals surface area contributed by atoms with E-state index in [1.165, 1.54) is 147 Å². The minimum absolute atomic E-state index is 0.606. The predicted octanol–water partition coefficient (Wildman–Crippen LogP) is 10.9. The van der Waals surface area contributed by atoms with Crippen molar-refractivity contribution in [3.63, 3.8) is 0 Å². The molecule has 2 atom stereocenters. The smallest absolute Gasteiger partial charge is 0.241 e. The number of imidazole rings is 1. The zero-order chi connectivity index (χ0) is 26.2. The summed E-state index contributed by atoms with van der Waals surface area (Å²) in [5.74, 6) is 0.714. The van der Waals surface area contributed by atoms with Crippen LogP contribution in [0.3, 0.4) is 0 Å². The molecule has 0 amide bonds. The Morgan fingerprint density at radius 2 is 1.08 bits per heavy atom. The predicted molar refractivity (Wildman–Crippen MR) is 162 cm³/mol. The molecular weight excluding hydrogens is 448 g/mol. The summed E-state index contributed by atoms with van der Waals surface area (Å²) in [6.07, 6.45) is 37.3. The Balaban J connectivity index is 1.75. The Kier molecular flexibility index (Phi) is 19.2. The Labute approximate surface area is 231 Å². The second-order valence-electron chi connectivity index (χ2n) is 11.7. The number of nitrogens with one attached hydrogen (secondary N) is 1. The second kappa shape index (κ2) is 22.4. The monoisotopic (exact) mass is 509 g/mol. The van der Waals surface area contributed by atoms with Crippen LogP contribution in [0, 0.1) is 5.92 Å². The molecule has 210 valence electrons. The first-order valence-corrected chi connectivity index (χ1v) is 16.4. The molecule has 0 bridgehead atoms. The molecule has 0 fully saturated rings. The normalized spacial score (nSPS) is 13.1. The van der Waals surface area contributed by atoms with Crippen molar-refractivity contribution in [3.8, 4) is 0 Å². The maximum atomic E-state index is 3.33. The average Bonchev–Trinajstić information content (AvgIpc) is 3.46. The van der Waals surface area contributed by atoms with Gasteiger partial charge in [0.15, 0.2) is 0 Å². The lowest BCUT2D eigenvalue weighted by molar-refractivity contribution is -0.730. The maximum Gasteiger partial charge on any atom is 0.241 e. The number of H-pyrrole nitrogens is 1. The number of rotatable bonds is 25. The molecule has 0 radical (unpaired) electrons. The molecule has 0 aliphatic carbocycles. The summed E-state index contributed by atoms with van der Waals surface area (Å²) >= 11 is 0. The third-order valence-corrected chi connectivity index (χ3v) is 8.37. The molecule has 37 heavy (non-hydrogen) atoms. The van der Waals surface area contributed by atoms with Crippen LogP contribution >= 0.6 is 0 Å². The van der Waals surface area contributed by atoms with E-state index < -0.39 is 0 Å². The molecule has 2 heteroatoms. The summed E-state index contributed by atoms with van der Waals surface area (Å²) in [5, 5.41) is 0. The quantitative estimate of drug-likeness (QED) is 0.101. The molecule has 0 spiro atoms. The van der Waals surface area contributed by atoms with E-state index in [0.717, 1.165) is 0 Å². The fraction of sp³-hybridized carbons (Fsp3) is 0.743. The van der Waals surface area contributed by atoms with E-state index in [2.05, 4.69) is 72.5 Å². The van der Waals surface area contributed by atoms with Gasteiger partial charge in [0.2, 0.25) is 6.33 Å². The molecule has 1 heterocycles. The zero-order valence-electron chi connectivity index (χ0n) is 24.8. The van der Waals surface area contributed by atoms with Crippen LogP contribution in [0.4, 0.5) is 0 Å². The van der Waals surface area contributed by atoms with Gasteiger partial charge in [-0.2, -0.15) is 0 Å². The van der Waals surface area contributed by atoms with Crippen LogP contribution < -0.4 is 4.57 Å². The lowest BCUT2D eigenvalue weighted by atomic mass is 9.84. The third-order valence-electron chi connectivity index (χ3n) is 8.37. The highest BCUT2D eigenvalue weighted by molar-refractivity contribution is 5.15. The van der Waals surface area contributed by atoms with Crippen LogP contribution in [0.2, 0.25) is 0 Å². The van der Waals surface area contributed by atoms with Crippen LogP contribution in [0.15, 0.2) is 49.1 Å². The molecule has 2 unspecified atom stereocenters. The average molecular weight is 510 g/mol. The van der Waals surface area contributed by atoms with E-state index in [4.69, 9.17) is 0 Å². The number of nitrogens with zero attached hydrogens (tertiary/aromatic N) is 1. The Hall–Kier alpha value is -1.57. The molecule has 2 aromatic rings. The van der Waals surface area contributed by atoms with E-state index >= 15 is 0 Å². The topological polar surface area (TPSA) is 19.7 Å². The van der Waals surface area contributed by atoms with Gasteiger partial charge >= 0.3 is 0 Å². The number of aromatic nitrogens is 2. The van der Waals surface area contributed by atoms with Crippen LogP contribution in [-0.2, 0) is 6.42 Å². The highest BCUT2D eigenvalue weighted by atomic mass is 15.1. The first-order valence-electron chi connectivity index (χ1n) is 16.4. The van der Waals surface area contributed by atoms with Gasteiger partial charge in [-0.05, 0) is 31.2 Å². The molecule has 1 aromatic heterocycles. The molecule has 2 nitrogen and oxygen atoms in total. The van der Waals surface area contributed by atoms with Gasteiger partial charge in [0.05, 0.1) is 0 Å². The molecule has 0 aliphatic heterocycles. The van der Waals surface area contributed by atoms with Crippen LogP contribution in [-0.4, -0.2) is 4.98 Å². The Bertz CT molecular complexity index is 708. The van der Waals surface area contributed by atoms with Gasteiger partial charge in [0.1, 0.15) is 18.4 Å². The van der Waals surface area contributed by atoms with Crippen molar-refractivity contribution in [3.05, 3.63) is 54.6 Å². The van der Waals surface area contributed by atoms with Crippen LogP contribution in [0.5, 0.6) is 0 Å². The lowest BCUT2D eigenvalue weighted by Crippen LogP contribution is -2.42. The van der Waals surface area contributed by atoms with Gasteiger partial charge in [-0.15, -0.1) is 0 Å². The van der Waals surface area contributed by atoms with Crippen molar-refractivity contribution in [2.24, 2.45) is 5.92 Å². The number of unbranched alkanes of at least 4 members (excludes halogenated alkanes) is 17. The second-order valence-corrected chi connectivity index (χ2v) is 11.7.